The van der Waals surface area contributed by atoms with E-state index in [1.807, 2.05) is 0 Å². The molecule has 10 heteroatoms. The molecule has 0 fully saturated rings. The van der Waals surface area contributed by atoms with E-state index in [1.165, 1.54) is 14.2 Å². The molecule has 26 heavy (non-hydrogen) atoms. The topological polar surface area (TPSA) is 146 Å². The molecule has 0 heterocycles. The van der Waals surface area contributed by atoms with Gasteiger partial charge >= 0.3 is 23.9 Å². The molecule has 0 aliphatic heterocycles. The Bertz CT molecular complexity index is 477. The zero-order chi connectivity index (χ0) is 19.9. The van der Waals surface area contributed by atoms with Crippen LogP contribution in [0.2, 0.25) is 0 Å². The van der Waals surface area contributed by atoms with Crippen molar-refractivity contribution in [3.05, 3.63) is 11.1 Å². The number of methoxy groups -OCH3 is 2. The Kier molecular flexibility index (Phi) is 12.5. The number of hydrogen-bond donors (Lipinski definition) is 2. The van der Waals surface area contributed by atoms with Crippen molar-refractivity contribution in [1.82, 2.24) is 0 Å². The Hall–Kier alpha value is -2.46. The van der Waals surface area contributed by atoms with E-state index in [2.05, 4.69) is 0 Å². The summed E-state index contributed by atoms with van der Waals surface area (Å²) in [6.45, 7) is 0.710. The Morgan fingerprint density at radius 3 is 1.27 bits per heavy atom. The van der Waals surface area contributed by atoms with Crippen LogP contribution in [-0.4, -0.2) is 74.7 Å². The lowest BCUT2D eigenvalue weighted by Gasteiger charge is -2.10. The highest BCUT2D eigenvalue weighted by molar-refractivity contribution is 6.04. The minimum atomic E-state index is -1.62. The predicted molar refractivity (Wildman–Crippen MR) is 86.4 cm³/mol. The molecule has 0 aliphatic carbocycles. The molecule has 0 aromatic carbocycles. The van der Waals surface area contributed by atoms with E-state index in [1.54, 1.807) is 0 Å². The summed E-state index contributed by atoms with van der Waals surface area (Å²) in [5.41, 5.74) is -1.44. The number of carboxylic acid groups (broad SMARTS) is 2. The number of rotatable bonds is 14. The summed E-state index contributed by atoms with van der Waals surface area (Å²) < 4.78 is 19.2. The summed E-state index contributed by atoms with van der Waals surface area (Å²) in [6, 6.07) is 0. The molecule has 0 aromatic heterocycles. The van der Waals surface area contributed by atoms with E-state index in [0.717, 1.165) is 0 Å². The van der Waals surface area contributed by atoms with Gasteiger partial charge in [-0.1, -0.05) is 0 Å². The van der Waals surface area contributed by atoms with Gasteiger partial charge in [0.25, 0.3) is 0 Å². The summed E-state index contributed by atoms with van der Waals surface area (Å²) in [7, 11) is 2.95. The molecular formula is C16H24O10. The number of esters is 2. The predicted octanol–water partition coefficient (Wildman–Crippen LogP) is 0.392. The molecule has 0 radical (unpaired) electrons. The van der Waals surface area contributed by atoms with Gasteiger partial charge in [-0.25, -0.2) is 9.59 Å². The largest absolute Gasteiger partial charge is 0.478 e. The van der Waals surface area contributed by atoms with E-state index in [0.29, 0.717) is 26.1 Å². The van der Waals surface area contributed by atoms with Crippen LogP contribution >= 0.6 is 0 Å². The summed E-state index contributed by atoms with van der Waals surface area (Å²) in [4.78, 5) is 46.0. The molecule has 0 saturated heterocycles. The first kappa shape index (κ1) is 23.5. The number of hydrogen-bond acceptors (Lipinski definition) is 8. The standard InChI is InChI=1S/C16H24O10/c1-23-5-3-7-25-13(17)9-11(15(19)20)12(16(21)22)10-14(18)26-8-4-6-24-2/h3-10H2,1-2H3,(H,19,20)(H,21,22). The molecular weight excluding hydrogens is 352 g/mol. The molecule has 0 aromatic rings. The van der Waals surface area contributed by atoms with Gasteiger partial charge in [0.2, 0.25) is 0 Å². The molecule has 0 saturated carbocycles. The van der Waals surface area contributed by atoms with Crippen LogP contribution in [0.1, 0.15) is 25.7 Å². The van der Waals surface area contributed by atoms with Gasteiger partial charge < -0.3 is 29.2 Å². The third-order valence-electron chi connectivity index (χ3n) is 3.03. The fourth-order valence-electron chi connectivity index (χ4n) is 1.79. The Morgan fingerprint density at radius 2 is 1.00 bits per heavy atom. The number of ether oxygens (including phenoxy) is 4. The maximum absolute atomic E-state index is 11.7. The van der Waals surface area contributed by atoms with Crippen LogP contribution in [0.4, 0.5) is 0 Å². The average Bonchev–Trinajstić information content (AvgIpc) is 2.58. The second-order valence-electron chi connectivity index (χ2n) is 5.05. The third kappa shape index (κ3) is 10.4. The number of carboxylic acids is 2. The van der Waals surface area contributed by atoms with E-state index >= 15 is 0 Å². The van der Waals surface area contributed by atoms with Crippen molar-refractivity contribution in [2.75, 3.05) is 40.6 Å². The van der Waals surface area contributed by atoms with Crippen LogP contribution in [-0.2, 0) is 38.1 Å². The minimum absolute atomic E-state index is 0.00349. The molecule has 0 rings (SSSR count). The lowest BCUT2D eigenvalue weighted by atomic mass is 10.0. The molecule has 0 atom stereocenters. The van der Waals surface area contributed by atoms with E-state index in [-0.39, 0.29) is 13.2 Å². The summed E-state index contributed by atoms with van der Waals surface area (Å²) in [5, 5.41) is 18.4. The van der Waals surface area contributed by atoms with Gasteiger partial charge in [0.1, 0.15) is 0 Å². The highest BCUT2D eigenvalue weighted by atomic mass is 16.5. The fraction of sp³-hybridized carbons (Fsp3) is 0.625. The van der Waals surface area contributed by atoms with Gasteiger partial charge in [-0.05, 0) is 0 Å². The van der Waals surface area contributed by atoms with Gasteiger partial charge in [-0.15, -0.1) is 0 Å². The Balaban J connectivity index is 4.95. The zero-order valence-corrected chi connectivity index (χ0v) is 14.8. The van der Waals surface area contributed by atoms with Gasteiger partial charge in [0.15, 0.2) is 0 Å². The molecule has 148 valence electrons. The molecule has 0 spiro atoms. The lowest BCUT2D eigenvalue weighted by molar-refractivity contribution is -0.146. The van der Waals surface area contributed by atoms with E-state index in [9.17, 15) is 29.4 Å². The highest BCUT2D eigenvalue weighted by Gasteiger charge is 2.25. The number of carbonyl (C=O) groups excluding carboxylic acids is 2. The molecule has 2 N–H and O–H groups in total. The van der Waals surface area contributed by atoms with Crippen molar-refractivity contribution >= 4 is 23.9 Å². The number of carbonyl (C=O) groups is 4. The first-order valence-electron chi connectivity index (χ1n) is 7.81. The highest BCUT2D eigenvalue weighted by Crippen LogP contribution is 2.16. The average molecular weight is 376 g/mol. The van der Waals surface area contributed by atoms with Crippen LogP contribution in [0.15, 0.2) is 11.1 Å². The van der Waals surface area contributed by atoms with Gasteiger partial charge in [0, 0.05) is 40.3 Å². The van der Waals surface area contributed by atoms with Crippen LogP contribution in [0, 0.1) is 0 Å². The Labute approximate surface area is 150 Å². The molecule has 0 bridgehead atoms. The minimum Gasteiger partial charge on any atom is -0.478 e. The summed E-state index contributed by atoms with van der Waals surface area (Å²) in [5.74, 6) is -5.07. The van der Waals surface area contributed by atoms with Crippen LogP contribution in [0.25, 0.3) is 0 Å². The fourth-order valence-corrected chi connectivity index (χ4v) is 1.79. The molecule has 10 nitrogen and oxygen atoms in total. The second-order valence-corrected chi connectivity index (χ2v) is 5.05. The van der Waals surface area contributed by atoms with Gasteiger partial charge in [-0.2, -0.15) is 0 Å². The van der Waals surface area contributed by atoms with E-state index < -0.39 is 47.9 Å². The molecule has 0 aliphatic rings. The van der Waals surface area contributed by atoms with E-state index in [4.69, 9.17) is 18.9 Å². The van der Waals surface area contributed by atoms with Crippen molar-refractivity contribution in [2.45, 2.75) is 25.7 Å². The quantitative estimate of drug-likeness (QED) is 0.248. The van der Waals surface area contributed by atoms with Crippen molar-refractivity contribution in [1.29, 1.82) is 0 Å². The number of aliphatic carboxylic acids is 2. The molecule has 0 amide bonds. The van der Waals surface area contributed by atoms with Crippen molar-refractivity contribution in [2.24, 2.45) is 0 Å². The lowest BCUT2D eigenvalue weighted by Crippen LogP contribution is -2.19. The first-order chi connectivity index (χ1) is 12.3. The van der Waals surface area contributed by atoms with Crippen LogP contribution < -0.4 is 0 Å². The second kappa shape index (κ2) is 13.8. The van der Waals surface area contributed by atoms with Crippen molar-refractivity contribution < 1.29 is 48.3 Å². The smallest absolute Gasteiger partial charge is 0.332 e. The van der Waals surface area contributed by atoms with Crippen molar-refractivity contribution in [3.8, 4) is 0 Å². The third-order valence-corrected chi connectivity index (χ3v) is 3.03. The SMILES string of the molecule is COCCCOC(=O)CC(C(=O)O)=C(CC(=O)OCCCOC)C(=O)O. The normalized spacial score (nSPS) is 11.5. The monoisotopic (exact) mass is 376 g/mol. The first-order valence-corrected chi connectivity index (χ1v) is 7.81. The van der Waals surface area contributed by atoms with Crippen molar-refractivity contribution in [3.63, 3.8) is 0 Å². The van der Waals surface area contributed by atoms with Gasteiger partial charge in [-0.3, -0.25) is 9.59 Å². The summed E-state index contributed by atoms with van der Waals surface area (Å²) >= 11 is 0. The Morgan fingerprint density at radius 1 is 0.654 bits per heavy atom. The zero-order valence-electron chi connectivity index (χ0n) is 14.8. The van der Waals surface area contributed by atoms with Gasteiger partial charge in [0.05, 0.1) is 37.2 Å². The summed E-state index contributed by atoms with van der Waals surface area (Å²) in [6.07, 6.45) is -0.732. The van der Waals surface area contributed by atoms with Crippen LogP contribution in [0.3, 0.4) is 0 Å². The molecule has 0 unspecified atom stereocenters. The van der Waals surface area contributed by atoms with Crippen LogP contribution in [0.5, 0.6) is 0 Å². The maximum atomic E-state index is 11.7. The maximum Gasteiger partial charge on any atom is 0.332 e.